The van der Waals surface area contributed by atoms with Crippen LogP contribution < -0.4 is 4.90 Å². The van der Waals surface area contributed by atoms with E-state index >= 15 is 0 Å². The summed E-state index contributed by atoms with van der Waals surface area (Å²) in [5.74, 6) is 0.725. The Kier molecular flexibility index (Phi) is 6.43. The monoisotopic (exact) mass is 366 g/mol. The minimum absolute atomic E-state index is 0.0221. The molecule has 3 rings (SSSR count). The second-order valence-corrected chi connectivity index (χ2v) is 7.54. The molecular formula is C22H30N4O. The number of rotatable bonds is 6. The summed E-state index contributed by atoms with van der Waals surface area (Å²) in [7, 11) is 0. The maximum Gasteiger partial charge on any atom is 0.257 e. The van der Waals surface area contributed by atoms with Crippen molar-refractivity contribution >= 4 is 11.9 Å². The first-order valence-corrected chi connectivity index (χ1v) is 10.0. The molecule has 1 aliphatic rings. The highest BCUT2D eigenvalue weighted by molar-refractivity contribution is 5.93. The van der Waals surface area contributed by atoms with Crippen LogP contribution >= 0.6 is 0 Å². The Hall–Kier alpha value is -2.43. The van der Waals surface area contributed by atoms with E-state index in [1.165, 1.54) is 19.3 Å². The van der Waals surface area contributed by atoms with E-state index in [4.69, 9.17) is 0 Å². The standard InChI is InChI=1S/C22H30N4O/c1-4-20-12-8-9-13-25(20)22-23-14-19(15-24-22)21(27)26(17(2)3)16-18-10-6-5-7-11-18/h5-7,10-11,14-15,17,20H,4,8-9,12-13,16H2,1-3H3. The molecule has 1 fully saturated rings. The summed E-state index contributed by atoms with van der Waals surface area (Å²) in [4.78, 5) is 26.3. The van der Waals surface area contributed by atoms with Crippen LogP contribution in [0.2, 0.25) is 0 Å². The molecule has 144 valence electrons. The summed E-state index contributed by atoms with van der Waals surface area (Å²) in [5.41, 5.74) is 1.67. The molecular weight excluding hydrogens is 336 g/mol. The molecule has 0 radical (unpaired) electrons. The Morgan fingerprint density at radius 2 is 1.89 bits per heavy atom. The Bertz CT molecular complexity index is 730. The molecule has 1 aromatic heterocycles. The third-order valence-corrected chi connectivity index (χ3v) is 5.32. The molecule has 0 N–H and O–H groups in total. The van der Waals surface area contributed by atoms with Crippen molar-refractivity contribution in [2.45, 2.75) is 65.1 Å². The van der Waals surface area contributed by atoms with Crippen molar-refractivity contribution in [2.24, 2.45) is 0 Å². The number of carbonyl (C=O) groups excluding carboxylic acids is 1. The van der Waals surface area contributed by atoms with Gasteiger partial charge in [0.15, 0.2) is 0 Å². The van der Waals surface area contributed by atoms with Crippen LogP contribution in [-0.2, 0) is 6.54 Å². The number of hydrogen-bond donors (Lipinski definition) is 0. The molecule has 1 aromatic carbocycles. The number of aromatic nitrogens is 2. The Labute approximate surface area is 162 Å². The van der Waals surface area contributed by atoms with Crippen molar-refractivity contribution in [1.82, 2.24) is 14.9 Å². The van der Waals surface area contributed by atoms with Crippen molar-refractivity contribution in [1.29, 1.82) is 0 Å². The average Bonchev–Trinajstić information content (AvgIpc) is 2.72. The summed E-state index contributed by atoms with van der Waals surface area (Å²) < 4.78 is 0. The van der Waals surface area contributed by atoms with Crippen LogP contribution in [0.3, 0.4) is 0 Å². The molecule has 1 unspecified atom stereocenters. The number of hydrogen-bond acceptors (Lipinski definition) is 4. The Morgan fingerprint density at radius 3 is 2.52 bits per heavy atom. The quantitative estimate of drug-likeness (QED) is 0.765. The van der Waals surface area contributed by atoms with Gasteiger partial charge in [0.05, 0.1) is 5.56 Å². The number of piperidine rings is 1. The van der Waals surface area contributed by atoms with Gasteiger partial charge in [-0.25, -0.2) is 9.97 Å². The van der Waals surface area contributed by atoms with Gasteiger partial charge in [0, 0.05) is 37.6 Å². The molecule has 0 aliphatic carbocycles. The molecule has 2 aromatic rings. The zero-order chi connectivity index (χ0) is 19.2. The van der Waals surface area contributed by atoms with Gasteiger partial charge >= 0.3 is 0 Å². The second kappa shape index (κ2) is 8.98. The van der Waals surface area contributed by atoms with Crippen molar-refractivity contribution in [3.05, 3.63) is 53.9 Å². The van der Waals surface area contributed by atoms with Crippen molar-refractivity contribution in [3.8, 4) is 0 Å². The largest absolute Gasteiger partial charge is 0.338 e. The van der Waals surface area contributed by atoms with Crippen LogP contribution in [-0.4, -0.2) is 39.4 Å². The zero-order valence-corrected chi connectivity index (χ0v) is 16.6. The molecule has 0 spiro atoms. The van der Waals surface area contributed by atoms with Crippen molar-refractivity contribution < 1.29 is 4.79 Å². The fraction of sp³-hybridized carbons (Fsp3) is 0.500. The lowest BCUT2D eigenvalue weighted by Gasteiger charge is -2.35. The van der Waals surface area contributed by atoms with Gasteiger partial charge in [-0.1, -0.05) is 37.3 Å². The lowest BCUT2D eigenvalue weighted by Crippen LogP contribution is -2.40. The van der Waals surface area contributed by atoms with E-state index in [0.717, 1.165) is 24.5 Å². The van der Waals surface area contributed by atoms with E-state index < -0.39 is 0 Å². The summed E-state index contributed by atoms with van der Waals surface area (Å²) >= 11 is 0. The predicted octanol–water partition coefficient (Wildman–Crippen LogP) is 4.30. The van der Waals surface area contributed by atoms with Gasteiger partial charge in [0.25, 0.3) is 5.91 Å². The average molecular weight is 367 g/mol. The molecule has 1 atom stereocenters. The predicted molar refractivity (Wildman–Crippen MR) is 109 cm³/mol. The molecule has 1 aliphatic heterocycles. The van der Waals surface area contributed by atoms with Gasteiger partial charge in [-0.05, 0) is 45.1 Å². The van der Waals surface area contributed by atoms with E-state index in [0.29, 0.717) is 18.2 Å². The number of benzene rings is 1. The summed E-state index contributed by atoms with van der Waals surface area (Å²) in [6.07, 6.45) is 8.12. The third-order valence-electron chi connectivity index (χ3n) is 5.32. The zero-order valence-electron chi connectivity index (χ0n) is 16.6. The number of amides is 1. The highest BCUT2D eigenvalue weighted by atomic mass is 16.2. The topological polar surface area (TPSA) is 49.3 Å². The molecule has 0 bridgehead atoms. The number of nitrogens with zero attached hydrogens (tertiary/aromatic N) is 4. The number of carbonyl (C=O) groups is 1. The van der Waals surface area contributed by atoms with Crippen LogP contribution in [0.15, 0.2) is 42.7 Å². The lowest BCUT2D eigenvalue weighted by atomic mass is 10.0. The molecule has 2 heterocycles. The normalized spacial score (nSPS) is 17.2. The highest BCUT2D eigenvalue weighted by Crippen LogP contribution is 2.23. The van der Waals surface area contributed by atoms with Crippen LogP contribution in [0.4, 0.5) is 5.95 Å². The minimum atomic E-state index is -0.0221. The van der Waals surface area contributed by atoms with Crippen molar-refractivity contribution in [2.75, 3.05) is 11.4 Å². The first-order chi connectivity index (χ1) is 13.1. The van der Waals surface area contributed by atoms with Gasteiger partial charge in [-0.3, -0.25) is 4.79 Å². The lowest BCUT2D eigenvalue weighted by molar-refractivity contribution is 0.0689. The molecule has 0 saturated carbocycles. The van der Waals surface area contributed by atoms with E-state index in [-0.39, 0.29) is 11.9 Å². The molecule has 5 heteroatoms. The number of anilines is 1. The van der Waals surface area contributed by atoms with Crippen LogP contribution in [0.1, 0.15) is 62.4 Å². The van der Waals surface area contributed by atoms with Gasteiger partial charge in [0.2, 0.25) is 5.95 Å². The Morgan fingerprint density at radius 1 is 1.19 bits per heavy atom. The van der Waals surface area contributed by atoms with E-state index in [2.05, 4.69) is 21.8 Å². The third kappa shape index (κ3) is 4.65. The summed E-state index contributed by atoms with van der Waals surface area (Å²) in [6.45, 7) is 7.87. The highest BCUT2D eigenvalue weighted by Gasteiger charge is 2.24. The second-order valence-electron chi connectivity index (χ2n) is 7.54. The van der Waals surface area contributed by atoms with E-state index in [1.807, 2.05) is 49.1 Å². The Balaban J connectivity index is 1.75. The SMILES string of the molecule is CCC1CCCCN1c1ncc(C(=O)N(Cc2ccccc2)C(C)C)cn1. The van der Waals surface area contributed by atoms with Crippen LogP contribution in [0.5, 0.6) is 0 Å². The molecule has 5 nitrogen and oxygen atoms in total. The van der Waals surface area contributed by atoms with E-state index in [9.17, 15) is 4.79 Å². The van der Waals surface area contributed by atoms with E-state index in [1.54, 1.807) is 12.4 Å². The van der Waals surface area contributed by atoms with Crippen molar-refractivity contribution in [3.63, 3.8) is 0 Å². The first kappa shape index (κ1) is 19.3. The van der Waals surface area contributed by atoms with Gasteiger partial charge in [-0.15, -0.1) is 0 Å². The smallest absolute Gasteiger partial charge is 0.257 e. The first-order valence-electron chi connectivity index (χ1n) is 10.0. The maximum atomic E-state index is 13.0. The minimum Gasteiger partial charge on any atom is -0.338 e. The van der Waals surface area contributed by atoms with Gasteiger partial charge in [-0.2, -0.15) is 0 Å². The van der Waals surface area contributed by atoms with Gasteiger partial charge in [0.1, 0.15) is 0 Å². The fourth-order valence-electron chi connectivity index (χ4n) is 3.70. The van der Waals surface area contributed by atoms with Crippen LogP contribution in [0.25, 0.3) is 0 Å². The molecule has 27 heavy (non-hydrogen) atoms. The molecule has 1 saturated heterocycles. The summed E-state index contributed by atoms with van der Waals surface area (Å²) in [5, 5.41) is 0. The van der Waals surface area contributed by atoms with Gasteiger partial charge < -0.3 is 9.80 Å². The maximum absolute atomic E-state index is 13.0. The summed E-state index contributed by atoms with van der Waals surface area (Å²) in [6, 6.07) is 10.7. The van der Waals surface area contributed by atoms with Crippen LogP contribution in [0, 0.1) is 0 Å². The fourth-order valence-corrected chi connectivity index (χ4v) is 3.70. The molecule has 1 amide bonds.